The molecular formula is C48H83NO9P+. The van der Waals surface area contributed by atoms with E-state index in [4.69, 9.17) is 18.5 Å². The van der Waals surface area contributed by atoms with E-state index in [-0.39, 0.29) is 26.2 Å². The van der Waals surface area contributed by atoms with Gasteiger partial charge in [0.25, 0.3) is 0 Å². The van der Waals surface area contributed by atoms with Gasteiger partial charge >= 0.3 is 13.8 Å². The van der Waals surface area contributed by atoms with Gasteiger partial charge in [0.2, 0.25) is 0 Å². The second kappa shape index (κ2) is 39.3. The average molecular weight is 849 g/mol. The molecule has 0 aromatic rings. The Bertz CT molecular complexity index is 1300. The second-order valence-corrected chi connectivity index (χ2v) is 17.3. The lowest BCUT2D eigenvalue weighted by atomic mass is 10.1. The molecule has 338 valence electrons. The minimum atomic E-state index is -4.32. The van der Waals surface area contributed by atoms with Crippen LogP contribution in [0.3, 0.4) is 0 Å². The van der Waals surface area contributed by atoms with E-state index in [1.807, 2.05) is 75.8 Å². The number of phosphoric acid groups is 1. The molecule has 0 saturated carbocycles. The van der Waals surface area contributed by atoms with Gasteiger partial charge in [-0.15, -0.1) is 0 Å². The van der Waals surface area contributed by atoms with Crippen LogP contribution in [0.2, 0.25) is 0 Å². The van der Waals surface area contributed by atoms with Crippen molar-refractivity contribution < 1.29 is 47.5 Å². The van der Waals surface area contributed by atoms with Crippen LogP contribution in [-0.4, -0.2) is 91.4 Å². The molecule has 11 heteroatoms. The molecule has 0 radical (unpaired) electrons. The maximum Gasteiger partial charge on any atom is 0.472 e. The fourth-order valence-electron chi connectivity index (χ4n) is 5.32. The third-order valence-corrected chi connectivity index (χ3v) is 9.88. The number of allylic oxidation sites excluding steroid dienone is 11. The first-order valence-electron chi connectivity index (χ1n) is 22.2. The molecular weight excluding hydrogens is 765 g/mol. The van der Waals surface area contributed by atoms with Crippen LogP contribution in [0.4, 0.5) is 0 Å². The zero-order chi connectivity index (χ0) is 43.7. The van der Waals surface area contributed by atoms with Crippen molar-refractivity contribution >= 4 is 13.8 Å². The van der Waals surface area contributed by atoms with Crippen LogP contribution >= 0.6 is 7.82 Å². The number of carbonyl (C=O) groups excluding carboxylic acids is 1. The van der Waals surface area contributed by atoms with Crippen LogP contribution < -0.4 is 0 Å². The maximum absolute atomic E-state index is 12.5. The van der Waals surface area contributed by atoms with Crippen molar-refractivity contribution in [3.63, 3.8) is 0 Å². The Hall–Kier alpha value is -2.82. The van der Waals surface area contributed by atoms with Crippen molar-refractivity contribution in [2.24, 2.45) is 0 Å². The van der Waals surface area contributed by atoms with Crippen molar-refractivity contribution in [3.8, 4) is 0 Å². The van der Waals surface area contributed by atoms with E-state index in [0.717, 1.165) is 32.1 Å². The summed E-state index contributed by atoms with van der Waals surface area (Å²) in [6.07, 6.45) is 47.6. The molecule has 1 unspecified atom stereocenters. The highest BCUT2D eigenvalue weighted by molar-refractivity contribution is 7.47. The predicted octanol–water partition coefficient (Wildman–Crippen LogP) is 11.3. The largest absolute Gasteiger partial charge is 0.492 e. The second-order valence-electron chi connectivity index (χ2n) is 15.8. The molecule has 10 nitrogen and oxygen atoms in total. The third kappa shape index (κ3) is 43.1. The quantitative estimate of drug-likeness (QED) is 0.0105. The number of hydrogen-bond donors (Lipinski definition) is 3. The molecule has 3 N–H and O–H groups in total. The van der Waals surface area contributed by atoms with Gasteiger partial charge in [0, 0.05) is 6.42 Å². The summed E-state index contributed by atoms with van der Waals surface area (Å²) in [4.78, 5) is 22.7. The number of nitrogens with zero attached hydrogens (tertiary/aromatic N) is 1. The van der Waals surface area contributed by atoms with Gasteiger partial charge in [-0.3, -0.25) is 13.8 Å². The van der Waals surface area contributed by atoms with Crippen molar-refractivity contribution in [1.29, 1.82) is 0 Å². The normalized spacial score (nSPS) is 15.7. The number of hydrogen-bond acceptors (Lipinski definition) is 8. The summed E-state index contributed by atoms with van der Waals surface area (Å²) in [7, 11) is 1.55. The number of quaternary nitrogens is 1. The molecule has 0 aromatic carbocycles. The van der Waals surface area contributed by atoms with E-state index < -0.39 is 32.1 Å². The van der Waals surface area contributed by atoms with E-state index in [0.29, 0.717) is 36.7 Å². The maximum atomic E-state index is 12.5. The third-order valence-electron chi connectivity index (χ3n) is 8.90. The molecule has 0 aliphatic carbocycles. The fraction of sp³-hybridized carbons (Fsp3) is 0.646. The van der Waals surface area contributed by atoms with Gasteiger partial charge in [-0.2, -0.15) is 0 Å². The van der Waals surface area contributed by atoms with E-state index in [2.05, 4.69) is 26.0 Å². The number of aliphatic hydroxyl groups excluding tert-OH is 2. The number of rotatable bonds is 39. The fourth-order valence-corrected chi connectivity index (χ4v) is 6.06. The number of phosphoric ester groups is 1. The van der Waals surface area contributed by atoms with E-state index in [1.165, 1.54) is 57.8 Å². The summed E-state index contributed by atoms with van der Waals surface area (Å²) in [5.74, 6) is -0.411. The minimum absolute atomic E-state index is 0.0530. The zero-order valence-electron chi connectivity index (χ0n) is 37.4. The lowest BCUT2D eigenvalue weighted by Gasteiger charge is -2.24. The first kappa shape index (κ1) is 56.2. The van der Waals surface area contributed by atoms with Gasteiger partial charge < -0.3 is 29.1 Å². The zero-order valence-corrected chi connectivity index (χ0v) is 38.3. The first-order chi connectivity index (χ1) is 28.4. The van der Waals surface area contributed by atoms with Crippen molar-refractivity contribution in [1.82, 2.24) is 0 Å². The summed E-state index contributed by atoms with van der Waals surface area (Å²) in [6, 6.07) is 0. The summed E-state index contributed by atoms with van der Waals surface area (Å²) < 4.78 is 34.6. The Morgan fingerprint density at radius 3 is 1.78 bits per heavy atom. The van der Waals surface area contributed by atoms with Crippen molar-refractivity contribution in [2.45, 2.75) is 154 Å². The van der Waals surface area contributed by atoms with Crippen LogP contribution in [0.5, 0.6) is 0 Å². The molecule has 0 heterocycles. The predicted molar refractivity (Wildman–Crippen MR) is 245 cm³/mol. The lowest BCUT2D eigenvalue weighted by molar-refractivity contribution is -0.870. The average Bonchev–Trinajstić information content (AvgIpc) is 3.18. The standard InChI is InChI=1S/C48H82NO9P/c1-6-8-10-11-12-13-14-15-16-17-18-19-20-23-28-34-41-55-47(44-58-59(53,54)57-42-40-49(3,4)5)43-56-48(52)39-33-25-22-21-24-30-36-46(51)38-32-27-26-31-37-45(50)35-29-9-7-2/h9,15-16,22,24-27,29-32,34,37-38,41,45-47,50-51H,6-8,10-14,17-21,23,28,33,35-36,39-40,42-44H2,1-5H3/p+1/b16-15-,25-22-,27-26-,29-9-,30-24-,37-31+,38-32+,41-34+/t45-,46+,47-/m1/s1. The Labute approximate surface area is 359 Å². The monoisotopic (exact) mass is 849 g/mol. The van der Waals surface area contributed by atoms with Gasteiger partial charge in [0.05, 0.1) is 46.2 Å². The lowest BCUT2D eigenvalue weighted by Crippen LogP contribution is -2.37. The van der Waals surface area contributed by atoms with Crippen LogP contribution in [-0.2, 0) is 27.9 Å². The first-order valence-corrected chi connectivity index (χ1v) is 23.7. The Morgan fingerprint density at radius 2 is 1.19 bits per heavy atom. The highest BCUT2D eigenvalue weighted by Crippen LogP contribution is 2.43. The van der Waals surface area contributed by atoms with Crippen LogP contribution in [0.25, 0.3) is 0 Å². The molecule has 0 spiro atoms. The number of carbonyl (C=O) groups is 1. The molecule has 0 bridgehead atoms. The molecule has 0 amide bonds. The molecule has 0 aliphatic heterocycles. The number of ether oxygens (including phenoxy) is 2. The number of aliphatic hydroxyl groups is 2. The summed E-state index contributed by atoms with van der Waals surface area (Å²) in [5, 5.41) is 20.0. The van der Waals surface area contributed by atoms with E-state index >= 15 is 0 Å². The van der Waals surface area contributed by atoms with Crippen LogP contribution in [0.15, 0.2) is 97.4 Å². The van der Waals surface area contributed by atoms with Crippen LogP contribution in [0.1, 0.15) is 136 Å². The minimum Gasteiger partial charge on any atom is -0.492 e. The summed E-state index contributed by atoms with van der Waals surface area (Å²) in [6.45, 7) is 4.47. The van der Waals surface area contributed by atoms with Gasteiger partial charge in [-0.1, -0.05) is 144 Å². The Morgan fingerprint density at radius 1 is 0.644 bits per heavy atom. The van der Waals surface area contributed by atoms with Gasteiger partial charge in [0.15, 0.2) is 6.10 Å². The Balaban J connectivity index is 4.55. The SMILES string of the molecule is CC/C=C\C[C@@H](O)/C=C/C=C\C=C\[C@@H](O)C/C=C\C/C=C\CCC(=O)OC[C@H](COP(=O)(O)OCC[N+](C)(C)C)O/C=C/CCCCCC/C=C\CCCCCCCC. The molecule has 0 aromatic heterocycles. The van der Waals surface area contributed by atoms with Gasteiger partial charge in [-0.05, 0) is 76.7 Å². The van der Waals surface area contributed by atoms with Crippen LogP contribution in [0, 0.1) is 0 Å². The van der Waals surface area contributed by atoms with Crippen molar-refractivity contribution in [3.05, 3.63) is 97.4 Å². The van der Waals surface area contributed by atoms with Gasteiger partial charge in [-0.25, -0.2) is 4.57 Å². The van der Waals surface area contributed by atoms with Gasteiger partial charge in [0.1, 0.15) is 19.8 Å². The number of esters is 1. The van der Waals surface area contributed by atoms with E-state index in [9.17, 15) is 24.5 Å². The summed E-state index contributed by atoms with van der Waals surface area (Å²) in [5.41, 5.74) is 0. The van der Waals surface area contributed by atoms with E-state index in [1.54, 1.807) is 30.6 Å². The molecule has 0 aliphatic rings. The Kier molecular flexibility index (Phi) is 37.4. The topological polar surface area (TPSA) is 132 Å². The molecule has 0 fully saturated rings. The number of unbranched alkanes of at least 4 members (excludes halogenated alkanes) is 11. The molecule has 0 saturated heterocycles. The highest BCUT2D eigenvalue weighted by Gasteiger charge is 2.25. The molecule has 0 rings (SSSR count). The van der Waals surface area contributed by atoms with Crippen molar-refractivity contribution in [2.75, 3.05) is 47.5 Å². The number of likely N-dealkylation sites (N-methyl/N-ethyl adjacent to an activating group) is 1. The summed E-state index contributed by atoms with van der Waals surface area (Å²) >= 11 is 0. The smallest absolute Gasteiger partial charge is 0.472 e. The highest BCUT2D eigenvalue weighted by atomic mass is 31.2. The molecule has 4 atom stereocenters. The molecule has 59 heavy (non-hydrogen) atoms.